The summed E-state index contributed by atoms with van der Waals surface area (Å²) in [7, 11) is 0. The van der Waals surface area contributed by atoms with Crippen molar-refractivity contribution < 1.29 is 10.2 Å². The molecule has 0 aliphatic carbocycles. The molecule has 1 aliphatic rings. The van der Waals surface area contributed by atoms with Gasteiger partial charge in [0.15, 0.2) is 11.5 Å². The van der Waals surface area contributed by atoms with Crippen LogP contribution < -0.4 is 0 Å². The van der Waals surface area contributed by atoms with E-state index in [4.69, 9.17) is 23.2 Å². The van der Waals surface area contributed by atoms with Crippen LogP contribution in [-0.2, 0) is 24.8 Å². The first-order valence-corrected chi connectivity index (χ1v) is 9.66. The van der Waals surface area contributed by atoms with Crippen molar-refractivity contribution in [2.75, 3.05) is 13.1 Å². The molecular weight excluding hydrogens is 369 g/mol. The van der Waals surface area contributed by atoms with Crippen LogP contribution in [0.15, 0.2) is 24.3 Å². The summed E-state index contributed by atoms with van der Waals surface area (Å²) in [6, 6.07) is 8.81. The van der Waals surface area contributed by atoms with Crippen molar-refractivity contribution in [1.82, 2.24) is 4.90 Å². The third-order valence-electron chi connectivity index (χ3n) is 5.13. The largest absolute Gasteiger partial charge is 0.503 e. The number of hydrogen-bond acceptors (Lipinski definition) is 3. The zero-order valence-electron chi connectivity index (χ0n) is 15.4. The number of phenolic OH excluding ortho intramolecular Hbond substituents is 2. The summed E-state index contributed by atoms with van der Waals surface area (Å²) in [6.45, 7) is 9.04. The van der Waals surface area contributed by atoms with Crippen molar-refractivity contribution in [2.24, 2.45) is 0 Å². The molecule has 0 radical (unpaired) electrons. The number of halogens is 2. The molecule has 26 heavy (non-hydrogen) atoms. The first kappa shape index (κ1) is 19.3. The Bertz CT molecular complexity index is 810. The Balaban J connectivity index is 1.69. The highest BCUT2D eigenvalue weighted by molar-refractivity contribution is 6.36. The lowest BCUT2D eigenvalue weighted by atomic mass is 9.86. The number of rotatable bonds is 3. The molecule has 0 fully saturated rings. The molecule has 0 atom stereocenters. The smallest absolute Gasteiger partial charge is 0.178 e. The van der Waals surface area contributed by atoms with Gasteiger partial charge in [0, 0.05) is 19.6 Å². The molecule has 0 bridgehead atoms. The Morgan fingerprint density at radius 3 is 2.12 bits per heavy atom. The lowest BCUT2D eigenvalue weighted by molar-refractivity contribution is 0.256. The van der Waals surface area contributed by atoms with Gasteiger partial charge in [-0.15, -0.1) is 0 Å². The van der Waals surface area contributed by atoms with E-state index >= 15 is 0 Å². The molecule has 2 aromatic rings. The van der Waals surface area contributed by atoms with Crippen molar-refractivity contribution in [3.05, 3.63) is 56.6 Å². The Hall–Kier alpha value is -1.42. The summed E-state index contributed by atoms with van der Waals surface area (Å²) in [5.74, 6) is -0.641. The molecule has 140 valence electrons. The van der Waals surface area contributed by atoms with Crippen molar-refractivity contribution in [1.29, 1.82) is 0 Å². The Morgan fingerprint density at radius 2 is 1.54 bits per heavy atom. The average molecular weight is 394 g/mol. The van der Waals surface area contributed by atoms with Gasteiger partial charge in [-0.2, -0.15) is 0 Å². The zero-order chi connectivity index (χ0) is 19.1. The quantitative estimate of drug-likeness (QED) is 0.694. The topological polar surface area (TPSA) is 43.7 Å². The van der Waals surface area contributed by atoms with Gasteiger partial charge < -0.3 is 10.2 Å². The zero-order valence-corrected chi connectivity index (χ0v) is 17.0. The molecule has 1 aliphatic heterocycles. The van der Waals surface area contributed by atoms with E-state index in [1.807, 2.05) is 0 Å². The van der Waals surface area contributed by atoms with Gasteiger partial charge in [0.1, 0.15) is 0 Å². The maximum Gasteiger partial charge on any atom is 0.178 e. The van der Waals surface area contributed by atoms with Crippen LogP contribution in [0.2, 0.25) is 10.0 Å². The van der Waals surface area contributed by atoms with Crippen LogP contribution in [0.3, 0.4) is 0 Å². The first-order chi connectivity index (χ1) is 12.2. The molecular formula is C21H25Cl2NO2. The number of hydrogen-bond donors (Lipinski definition) is 2. The van der Waals surface area contributed by atoms with E-state index in [1.165, 1.54) is 11.1 Å². The van der Waals surface area contributed by atoms with Crippen molar-refractivity contribution >= 4 is 23.2 Å². The van der Waals surface area contributed by atoms with Gasteiger partial charge in [-0.25, -0.2) is 0 Å². The van der Waals surface area contributed by atoms with Crippen molar-refractivity contribution in [3.8, 4) is 11.5 Å². The van der Waals surface area contributed by atoms with E-state index in [-0.39, 0.29) is 27.0 Å². The second-order valence-corrected chi connectivity index (χ2v) is 8.76. The maximum absolute atomic E-state index is 9.94. The third kappa shape index (κ3) is 3.80. The Kier molecular flexibility index (Phi) is 5.43. The number of aromatic hydroxyl groups is 2. The number of fused-ring (bicyclic) bond motifs is 1. The molecule has 0 saturated heterocycles. The lowest BCUT2D eigenvalue weighted by Crippen LogP contribution is -2.32. The molecule has 0 saturated carbocycles. The predicted octanol–water partition coefficient (Wildman–Crippen LogP) is 5.30. The van der Waals surface area contributed by atoms with Crippen molar-refractivity contribution in [3.63, 3.8) is 0 Å². The summed E-state index contributed by atoms with van der Waals surface area (Å²) >= 11 is 12.4. The van der Waals surface area contributed by atoms with Gasteiger partial charge in [-0.1, -0.05) is 68.2 Å². The average Bonchev–Trinajstić information content (AvgIpc) is 2.62. The number of benzene rings is 2. The van der Waals surface area contributed by atoms with Gasteiger partial charge >= 0.3 is 0 Å². The van der Waals surface area contributed by atoms with Crippen LogP contribution >= 0.6 is 23.2 Å². The molecule has 2 N–H and O–H groups in total. The van der Waals surface area contributed by atoms with E-state index in [0.29, 0.717) is 13.0 Å². The fourth-order valence-electron chi connectivity index (χ4n) is 3.41. The van der Waals surface area contributed by atoms with Crippen LogP contribution in [0.5, 0.6) is 11.5 Å². The summed E-state index contributed by atoms with van der Waals surface area (Å²) in [4.78, 5) is 2.30. The van der Waals surface area contributed by atoms with Gasteiger partial charge in [0.05, 0.1) is 10.0 Å². The fraction of sp³-hybridized carbons (Fsp3) is 0.429. The minimum absolute atomic E-state index is 0.165. The number of nitrogens with zero attached hydrogens (tertiary/aromatic N) is 1. The van der Waals surface area contributed by atoms with E-state index in [1.54, 1.807) is 0 Å². The van der Waals surface area contributed by atoms with E-state index < -0.39 is 0 Å². The second-order valence-electron chi connectivity index (χ2n) is 8.01. The molecule has 2 aromatic carbocycles. The molecule has 3 rings (SSSR count). The van der Waals surface area contributed by atoms with Gasteiger partial charge in [0.2, 0.25) is 0 Å². The molecule has 0 aromatic heterocycles. The minimum Gasteiger partial charge on any atom is -0.503 e. The Labute approximate surface area is 165 Å². The van der Waals surface area contributed by atoms with Gasteiger partial charge in [-0.3, -0.25) is 4.90 Å². The number of phenols is 2. The fourth-order valence-corrected chi connectivity index (χ4v) is 3.97. The normalized spacial score (nSPS) is 15.1. The molecule has 1 heterocycles. The van der Waals surface area contributed by atoms with E-state index in [9.17, 15) is 10.2 Å². The van der Waals surface area contributed by atoms with Gasteiger partial charge in [-0.05, 0) is 40.5 Å². The summed E-state index contributed by atoms with van der Waals surface area (Å²) < 4.78 is 0. The minimum atomic E-state index is -0.324. The van der Waals surface area contributed by atoms with Crippen molar-refractivity contribution in [2.45, 2.75) is 45.6 Å². The standard InChI is InChI=1S/C21H25Cl2NO2/c1-21(2,3)14-6-4-13(5-7-14)8-10-24-11-9-15-16(12-24)18(23)20(26)19(25)17(15)22/h4-7,25-26H,8-12H2,1-3H3. The molecule has 5 heteroatoms. The summed E-state index contributed by atoms with van der Waals surface area (Å²) in [6.07, 6.45) is 1.67. The maximum atomic E-state index is 9.94. The molecule has 0 spiro atoms. The van der Waals surface area contributed by atoms with E-state index in [2.05, 4.69) is 49.9 Å². The monoisotopic (exact) mass is 393 g/mol. The second kappa shape index (κ2) is 7.30. The highest BCUT2D eigenvalue weighted by Gasteiger charge is 2.26. The molecule has 0 unspecified atom stereocenters. The lowest BCUT2D eigenvalue weighted by Gasteiger charge is -2.30. The van der Waals surface area contributed by atoms with Crippen LogP contribution in [0.4, 0.5) is 0 Å². The summed E-state index contributed by atoms with van der Waals surface area (Å²) in [5, 5.41) is 20.2. The molecule has 3 nitrogen and oxygen atoms in total. The van der Waals surface area contributed by atoms with Crippen LogP contribution in [0.1, 0.15) is 43.0 Å². The Morgan fingerprint density at radius 1 is 0.962 bits per heavy atom. The molecule has 0 amide bonds. The summed E-state index contributed by atoms with van der Waals surface area (Å²) in [5.41, 5.74) is 4.48. The van der Waals surface area contributed by atoms with Crippen LogP contribution in [0, 0.1) is 0 Å². The SMILES string of the molecule is CC(C)(C)c1ccc(CCN2CCc3c(Cl)c(O)c(O)c(Cl)c3C2)cc1. The van der Waals surface area contributed by atoms with Crippen LogP contribution in [-0.4, -0.2) is 28.2 Å². The third-order valence-corrected chi connectivity index (χ3v) is 5.94. The van der Waals surface area contributed by atoms with E-state index in [0.717, 1.165) is 30.6 Å². The highest BCUT2D eigenvalue weighted by atomic mass is 35.5. The first-order valence-electron chi connectivity index (χ1n) is 8.91. The van der Waals surface area contributed by atoms with Crippen LogP contribution in [0.25, 0.3) is 0 Å². The highest BCUT2D eigenvalue weighted by Crippen LogP contribution is 2.46. The van der Waals surface area contributed by atoms with Gasteiger partial charge in [0.25, 0.3) is 0 Å². The predicted molar refractivity (Wildman–Crippen MR) is 108 cm³/mol.